The minimum Gasteiger partial charge on any atom is -0.455 e. The van der Waals surface area contributed by atoms with Crippen molar-refractivity contribution in [2.45, 2.75) is 11.3 Å². The number of sulfonamides is 1. The molecule has 0 saturated carbocycles. The molecule has 0 aliphatic carbocycles. The number of nitrogens with zero attached hydrogens (tertiary/aromatic N) is 1. The highest BCUT2D eigenvalue weighted by atomic mass is 35.5. The minimum absolute atomic E-state index is 0.0364. The average Bonchev–Trinajstić information content (AvgIpc) is 2.76. The molecule has 1 amide bonds. The first-order valence-electron chi connectivity index (χ1n) is 9.33. The summed E-state index contributed by atoms with van der Waals surface area (Å²) in [5.74, 6) is -2.05. The molecule has 0 aromatic heterocycles. The van der Waals surface area contributed by atoms with E-state index in [9.17, 15) is 22.4 Å². The smallest absolute Gasteiger partial charge is 0.310 e. The maximum absolute atomic E-state index is 13.6. The summed E-state index contributed by atoms with van der Waals surface area (Å²) < 4.78 is 50.4. The first-order valence-corrected chi connectivity index (χ1v) is 11.2. The number of morpholine rings is 1. The predicted molar refractivity (Wildman–Crippen MR) is 111 cm³/mol. The predicted octanol–water partition coefficient (Wildman–Crippen LogP) is 2.22. The van der Waals surface area contributed by atoms with Crippen LogP contribution in [0.3, 0.4) is 0 Å². The molecule has 1 fully saturated rings. The van der Waals surface area contributed by atoms with Gasteiger partial charge in [0, 0.05) is 13.1 Å². The number of rotatable bonds is 7. The van der Waals surface area contributed by atoms with E-state index < -0.39 is 34.3 Å². The number of esters is 1. The van der Waals surface area contributed by atoms with Gasteiger partial charge in [-0.25, -0.2) is 12.8 Å². The largest absolute Gasteiger partial charge is 0.455 e. The summed E-state index contributed by atoms with van der Waals surface area (Å²) >= 11 is 6.07. The van der Waals surface area contributed by atoms with Crippen LogP contribution in [-0.4, -0.2) is 57.5 Å². The number of carbonyl (C=O) groups excluding carboxylic acids is 2. The Bertz CT molecular complexity index is 1070. The Labute approximate surface area is 183 Å². The van der Waals surface area contributed by atoms with Gasteiger partial charge in [-0.2, -0.15) is 4.31 Å². The average molecular weight is 471 g/mol. The van der Waals surface area contributed by atoms with Crippen molar-refractivity contribution < 1.29 is 31.9 Å². The van der Waals surface area contributed by atoms with Crippen molar-refractivity contribution in [3.05, 3.63) is 58.9 Å². The second-order valence-electron chi connectivity index (χ2n) is 6.64. The number of halogens is 2. The van der Waals surface area contributed by atoms with E-state index in [1.165, 1.54) is 40.7 Å². The summed E-state index contributed by atoms with van der Waals surface area (Å²) in [6.45, 7) is 0.419. The van der Waals surface area contributed by atoms with Crippen molar-refractivity contribution in [2.75, 3.05) is 38.2 Å². The van der Waals surface area contributed by atoms with Crippen molar-refractivity contribution in [3.63, 3.8) is 0 Å². The van der Waals surface area contributed by atoms with Gasteiger partial charge in [0.25, 0.3) is 5.91 Å². The summed E-state index contributed by atoms with van der Waals surface area (Å²) in [7, 11) is -3.78. The monoisotopic (exact) mass is 470 g/mol. The molecule has 31 heavy (non-hydrogen) atoms. The van der Waals surface area contributed by atoms with Crippen LogP contribution >= 0.6 is 11.6 Å². The molecule has 1 aliphatic rings. The summed E-state index contributed by atoms with van der Waals surface area (Å²) in [6, 6.07) is 9.68. The number of ether oxygens (including phenoxy) is 2. The van der Waals surface area contributed by atoms with Gasteiger partial charge in [0.2, 0.25) is 10.0 Å². The van der Waals surface area contributed by atoms with Gasteiger partial charge in [-0.15, -0.1) is 0 Å². The minimum atomic E-state index is -3.78. The third-order valence-corrected chi connectivity index (χ3v) is 6.70. The van der Waals surface area contributed by atoms with Crippen LogP contribution in [0.4, 0.5) is 10.1 Å². The highest BCUT2D eigenvalue weighted by Crippen LogP contribution is 2.27. The zero-order valence-electron chi connectivity index (χ0n) is 16.3. The van der Waals surface area contributed by atoms with Crippen LogP contribution in [0, 0.1) is 5.82 Å². The van der Waals surface area contributed by atoms with E-state index in [1.807, 2.05) is 0 Å². The molecule has 0 radical (unpaired) electrons. The molecule has 0 atom stereocenters. The molecule has 0 spiro atoms. The standard InChI is InChI=1S/C20H20ClFN2O6S/c21-16-6-5-15(31(27,28)24-7-9-29-10-8-24)12-18(16)23-19(25)13-30-20(26)11-14-3-1-2-4-17(14)22/h1-6,12H,7-11,13H2,(H,23,25). The van der Waals surface area contributed by atoms with Crippen molar-refractivity contribution in [2.24, 2.45) is 0 Å². The summed E-state index contributed by atoms with van der Waals surface area (Å²) in [6.07, 6.45) is -0.325. The molecule has 2 aromatic rings. The molecular weight excluding hydrogens is 451 g/mol. The molecule has 1 N–H and O–H groups in total. The third-order valence-electron chi connectivity index (χ3n) is 4.48. The first kappa shape index (κ1) is 23.1. The van der Waals surface area contributed by atoms with Crippen LogP contribution in [0.1, 0.15) is 5.56 Å². The van der Waals surface area contributed by atoms with E-state index in [-0.39, 0.29) is 40.7 Å². The molecule has 166 valence electrons. The van der Waals surface area contributed by atoms with Crippen LogP contribution in [0.5, 0.6) is 0 Å². The molecule has 8 nitrogen and oxygen atoms in total. The van der Waals surface area contributed by atoms with Gasteiger partial charge in [-0.05, 0) is 29.8 Å². The fourth-order valence-corrected chi connectivity index (χ4v) is 4.48. The Morgan fingerprint density at radius 1 is 1.16 bits per heavy atom. The Morgan fingerprint density at radius 3 is 2.58 bits per heavy atom. The number of benzene rings is 2. The van der Waals surface area contributed by atoms with Gasteiger partial charge in [0.05, 0.1) is 35.2 Å². The van der Waals surface area contributed by atoms with Crippen LogP contribution < -0.4 is 5.32 Å². The molecule has 3 rings (SSSR count). The zero-order valence-corrected chi connectivity index (χ0v) is 17.9. The van der Waals surface area contributed by atoms with Gasteiger partial charge < -0.3 is 14.8 Å². The molecule has 1 aliphatic heterocycles. The van der Waals surface area contributed by atoms with Gasteiger partial charge in [0.15, 0.2) is 6.61 Å². The van der Waals surface area contributed by atoms with Crippen LogP contribution in [-0.2, 0) is 35.5 Å². The van der Waals surface area contributed by atoms with Gasteiger partial charge in [-0.3, -0.25) is 9.59 Å². The fourth-order valence-electron chi connectivity index (χ4n) is 2.88. The van der Waals surface area contributed by atoms with Gasteiger partial charge in [-0.1, -0.05) is 29.8 Å². The van der Waals surface area contributed by atoms with Crippen LogP contribution in [0.25, 0.3) is 0 Å². The lowest BCUT2D eigenvalue weighted by molar-refractivity contribution is -0.146. The molecule has 1 heterocycles. The molecule has 0 unspecified atom stereocenters. The molecular formula is C20H20ClFN2O6S. The number of carbonyl (C=O) groups is 2. The number of hydrogen-bond donors (Lipinski definition) is 1. The van der Waals surface area contributed by atoms with Crippen LogP contribution in [0.2, 0.25) is 5.02 Å². The van der Waals surface area contributed by atoms with E-state index in [0.29, 0.717) is 13.2 Å². The lowest BCUT2D eigenvalue weighted by atomic mass is 10.1. The SMILES string of the molecule is O=C(COC(=O)Cc1ccccc1F)Nc1cc(S(=O)(=O)N2CCOCC2)ccc1Cl. The van der Waals surface area contributed by atoms with Crippen molar-refractivity contribution in [1.29, 1.82) is 0 Å². The lowest BCUT2D eigenvalue weighted by Gasteiger charge is -2.26. The Kier molecular flexibility index (Phi) is 7.60. The van der Waals surface area contributed by atoms with E-state index in [1.54, 1.807) is 6.07 Å². The zero-order chi connectivity index (χ0) is 22.4. The Morgan fingerprint density at radius 2 is 1.87 bits per heavy atom. The quantitative estimate of drug-likeness (QED) is 0.622. The second kappa shape index (κ2) is 10.2. The highest BCUT2D eigenvalue weighted by Gasteiger charge is 2.27. The van der Waals surface area contributed by atoms with E-state index in [0.717, 1.165) is 0 Å². The summed E-state index contributed by atoms with van der Waals surface area (Å²) in [5.41, 5.74) is 0.211. The van der Waals surface area contributed by atoms with Gasteiger partial charge in [0.1, 0.15) is 5.82 Å². The summed E-state index contributed by atoms with van der Waals surface area (Å²) in [4.78, 5) is 24.0. The number of hydrogen-bond acceptors (Lipinski definition) is 6. The Hall–Kier alpha value is -2.53. The first-order chi connectivity index (χ1) is 14.8. The normalized spacial score (nSPS) is 14.8. The Balaban J connectivity index is 1.61. The van der Waals surface area contributed by atoms with Crippen molar-refractivity contribution in [3.8, 4) is 0 Å². The maximum atomic E-state index is 13.6. The van der Waals surface area contributed by atoms with E-state index in [4.69, 9.17) is 21.1 Å². The molecule has 11 heteroatoms. The lowest BCUT2D eigenvalue weighted by Crippen LogP contribution is -2.40. The molecule has 2 aromatic carbocycles. The van der Waals surface area contributed by atoms with E-state index >= 15 is 0 Å². The molecule has 0 bridgehead atoms. The van der Waals surface area contributed by atoms with Crippen LogP contribution in [0.15, 0.2) is 47.4 Å². The third kappa shape index (κ3) is 6.01. The number of anilines is 1. The van der Waals surface area contributed by atoms with Gasteiger partial charge >= 0.3 is 5.97 Å². The topological polar surface area (TPSA) is 102 Å². The van der Waals surface area contributed by atoms with Crippen molar-refractivity contribution >= 4 is 39.2 Å². The summed E-state index contributed by atoms with van der Waals surface area (Å²) in [5, 5.41) is 2.54. The van der Waals surface area contributed by atoms with Crippen molar-refractivity contribution in [1.82, 2.24) is 4.31 Å². The fraction of sp³-hybridized carbons (Fsp3) is 0.300. The number of nitrogens with one attached hydrogen (secondary N) is 1. The van der Waals surface area contributed by atoms with E-state index in [2.05, 4.69) is 5.32 Å². The number of amides is 1. The highest BCUT2D eigenvalue weighted by molar-refractivity contribution is 7.89. The maximum Gasteiger partial charge on any atom is 0.310 e. The second-order valence-corrected chi connectivity index (χ2v) is 8.98. The molecule has 1 saturated heterocycles.